The molecule has 0 saturated heterocycles. The van der Waals surface area contributed by atoms with Crippen molar-refractivity contribution in [1.82, 2.24) is 9.97 Å². The summed E-state index contributed by atoms with van der Waals surface area (Å²) in [6.07, 6.45) is 0. The Hall–Kier alpha value is -2.04. The molecule has 1 aromatic heterocycles. The van der Waals surface area contributed by atoms with Gasteiger partial charge < -0.3 is 5.32 Å². The second kappa shape index (κ2) is 4.45. The van der Waals surface area contributed by atoms with Gasteiger partial charge in [-0.25, -0.2) is 18.7 Å². The van der Waals surface area contributed by atoms with Crippen LogP contribution < -0.4 is 5.32 Å². The van der Waals surface area contributed by atoms with Crippen LogP contribution in [0.1, 0.15) is 5.82 Å². The van der Waals surface area contributed by atoms with E-state index in [2.05, 4.69) is 15.3 Å². The predicted molar refractivity (Wildman–Crippen MR) is 61.7 cm³/mol. The zero-order chi connectivity index (χ0) is 12.4. The zero-order valence-electron chi connectivity index (χ0n) is 9.46. The fourth-order valence-electron chi connectivity index (χ4n) is 1.55. The van der Waals surface area contributed by atoms with E-state index >= 15 is 0 Å². The Morgan fingerprint density at radius 1 is 1.00 bits per heavy atom. The van der Waals surface area contributed by atoms with Crippen molar-refractivity contribution >= 4 is 5.82 Å². The second-order valence-corrected chi connectivity index (χ2v) is 3.59. The Morgan fingerprint density at radius 2 is 1.65 bits per heavy atom. The van der Waals surface area contributed by atoms with Crippen molar-refractivity contribution in [3.8, 4) is 11.3 Å². The molecule has 0 radical (unpaired) electrons. The minimum absolute atomic E-state index is 0.393. The summed E-state index contributed by atoms with van der Waals surface area (Å²) in [5.41, 5.74) is 0.879. The summed E-state index contributed by atoms with van der Waals surface area (Å²) in [7, 11) is 1.72. The van der Waals surface area contributed by atoms with Crippen LogP contribution in [0.15, 0.2) is 24.3 Å². The molecule has 0 fully saturated rings. The van der Waals surface area contributed by atoms with Gasteiger partial charge in [-0.05, 0) is 19.1 Å². The van der Waals surface area contributed by atoms with E-state index in [1.165, 1.54) is 12.1 Å². The smallest absolute Gasteiger partial charge is 0.130 e. The molecular weight excluding hydrogens is 224 g/mol. The molecule has 0 atom stereocenters. The highest BCUT2D eigenvalue weighted by molar-refractivity contribution is 5.62. The molecule has 0 bridgehead atoms. The van der Waals surface area contributed by atoms with Crippen molar-refractivity contribution < 1.29 is 8.78 Å². The van der Waals surface area contributed by atoms with Gasteiger partial charge in [0.15, 0.2) is 0 Å². The third kappa shape index (κ3) is 2.55. The monoisotopic (exact) mass is 235 g/mol. The van der Waals surface area contributed by atoms with Crippen molar-refractivity contribution in [3.05, 3.63) is 41.7 Å². The topological polar surface area (TPSA) is 37.8 Å². The van der Waals surface area contributed by atoms with E-state index in [4.69, 9.17) is 0 Å². The summed E-state index contributed by atoms with van der Waals surface area (Å²) < 4.78 is 26.2. The number of rotatable bonds is 2. The normalized spacial score (nSPS) is 10.4. The molecule has 0 aliphatic rings. The van der Waals surface area contributed by atoms with Crippen LogP contribution in [-0.2, 0) is 0 Å². The maximum Gasteiger partial charge on any atom is 0.130 e. The summed E-state index contributed by atoms with van der Waals surface area (Å²) >= 11 is 0. The molecule has 5 heteroatoms. The summed E-state index contributed by atoms with van der Waals surface area (Å²) in [5.74, 6) is -0.0989. The first-order valence-corrected chi connectivity index (χ1v) is 5.08. The second-order valence-electron chi connectivity index (χ2n) is 3.59. The Labute approximate surface area is 97.5 Å². The van der Waals surface area contributed by atoms with E-state index in [0.29, 0.717) is 22.9 Å². The van der Waals surface area contributed by atoms with Gasteiger partial charge in [-0.2, -0.15) is 0 Å². The van der Waals surface area contributed by atoms with Crippen LogP contribution in [-0.4, -0.2) is 17.0 Å². The number of nitrogens with zero attached hydrogens (tertiary/aromatic N) is 2. The SMILES string of the molecule is CNc1cc(-c2cc(F)cc(F)c2)nc(C)n1. The van der Waals surface area contributed by atoms with Crippen LogP contribution in [0.5, 0.6) is 0 Å². The van der Waals surface area contributed by atoms with Crippen LogP contribution >= 0.6 is 0 Å². The van der Waals surface area contributed by atoms with Gasteiger partial charge in [-0.15, -0.1) is 0 Å². The summed E-state index contributed by atoms with van der Waals surface area (Å²) in [4.78, 5) is 8.26. The lowest BCUT2D eigenvalue weighted by atomic mass is 10.1. The quantitative estimate of drug-likeness (QED) is 0.869. The Balaban J connectivity index is 2.55. The highest BCUT2D eigenvalue weighted by atomic mass is 19.1. The number of benzene rings is 1. The van der Waals surface area contributed by atoms with Gasteiger partial charge in [-0.3, -0.25) is 0 Å². The molecule has 0 spiro atoms. The lowest BCUT2D eigenvalue weighted by Gasteiger charge is -2.06. The lowest BCUT2D eigenvalue weighted by Crippen LogP contribution is -1.98. The van der Waals surface area contributed by atoms with Gasteiger partial charge in [0.25, 0.3) is 0 Å². The van der Waals surface area contributed by atoms with E-state index in [1.54, 1.807) is 20.0 Å². The minimum Gasteiger partial charge on any atom is -0.373 e. The molecule has 0 unspecified atom stereocenters. The zero-order valence-corrected chi connectivity index (χ0v) is 9.46. The van der Waals surface area contributed by atoms with Crippen LogP contribution in [0.4, 0.5) is 14.6 Å². The van der Waals surface area contributed by atoms with E-state index in [1.807, 2.05) is 0 Å². The molecule has 0 aliphatic heterocycles. The number of halogens is 2. The van der Waals surface area contributed by atoms with Gasteiger partial charge in [0, 0.05) is 24.7 Å². The molecule has 3 nitrogen and oxygen atoms in total. The standard InChI is InChI=1S/C12H11F2N3/c1-7-16-11(6-12(15-2)17-7)8-3-9(13)5-10(14)4-8/h3-6H,1-2H3,(H,15,16,17). The molecule has 17 heavy (non-hydrogen) atoms. The first-order chi connectivity index (χ1) is 8.08. The van der Waals surface area contributed by atoms with Crippen LogP contribution in [0.3, 0.4) is 0 Å². The van der Waals surface area contributed by atoms with Gasteiger partial charge in [0.05, 0.1) is 5.69 Å². The summed E-state index contributed by atoms with van der Waals surface area (Å²) in [5, 5.41) is 2.87. The van der Waals surface area contributed by atoms with Crippen LogP contribution in [0, 0.1) is 18.6 Å². The van der Waals surface area contributed by atoms with E-state index < -0.39 is 11.6 Å². The van der Waals surface area contributed by atoms with Crippen molar-refractivity contribution in [3.63, 3.8) is 0 Å². The summed E-state index contributed by atoms with van der Waals surface area (Å²) in [6, 6.07) is 4.95. The Morgan fingerprint density at radius 3 is 2.24 bits per heavy atom. The molecule has 1 N–H and O–H groups in total. The molecule has 2 aromatic rings. The fraction of sp³-hybridized carbons (Fsp3) is 0.167. The van der Waals surface area contributed by atoms with Gasteiger partial charge >= 0.3 is 0 Å². The third-order valence-electron chi connectivity index (χ3n) is 2.25. The highest BCUT2D eigenvalue weighted by Gasteiger charge is 2.07. The Bertz CT molecular complexity index is 535. The average Bonchev–Trinajstić information content (AvgIpc) is 2.26. The van der Waals surface area contributed by atoms with Crippen LogP contribution in [0.25, 0.3) is 11.3 Å². The molecule has 0 aliphatic carbocycles. The number of aryl methyl sites for hydroxylation is 1. The molecule has 0 saturated carbocycles. The molecule has 88 valence electrons. The van der Waals surface area contributed by atoms with Gasteiger partial charge in [0.1, 0.15) is 23.3 Å². The largest absolute Gasteiger partial charge is 0.373 e. The molecular formula is C12H11F2N3. The van der Waals surface area contributed by atoms with Crippen molar-refractivity contribution in [2.75, 3.05) is 12.4 Å². The molecule has 0 amide bonds. The highest BCUT2D eigenvalue weighted by Crippen LogP contribution is 2.21. The minimum atomic E-state index is -0.623. The maximum absolute atomic E-state index is 13.1. The fourth-order valence-corrected chi connectivity index (χ4v) is 1.55. The van der Waals surface area contributed by atoms with E-state index in [-0.39, 0.29) is 0 Å². The summed E-state index contributed by atoms with van der Waals surface area (Å²) in [6.45, 7) is 1.72. The van der Waals surface area contributed by atoms with E-state index in [9.17, 15) is 8.78 Å². The van der Waals surface area contributed by atoms with Crippen molar-refractivity contribution in [2.45, 2.75) is 6.92 Å². The molecule has 1 heterocycles. The molecule has 2 rings (SSSR count). The Kier molecular flexibility index (Phi) is 2.99. The van der Waals surface area contributed by atoms with Crippen molar-refractivity contribution in [1.29, 1.82) is 0 Å². The first-order valence-electron chi connectivity index (χ1n) is 5.08. The maximum atomic E-state index is 13.1. The third-order valence-corrected chi connectivity index (χ3v) is 2.25. The predicted octanol–water partition coefficient (Wildman–Crippen LogP) is 2.77. The van der Waals surface area contributed by atoms with Gasteiger partial charge in [0.2, 0.25) is 0 Å². The number of nitrogens with one attached hydrogen (secondary N) is 1. The van der Waals surface area contributed by atoms with E-state index in [0.717, 1.165) is 6.07 Å². The van der Waals surface area contributed by atoms with Gasteiger partial charge in [-0.1, -0.05) is 0 Å². The molecule has 1 aromatic carbocycles. The number of aromatic nitrogens is 2. The average molecular weight is 235 g/mol. The first kappa shape index (κ1) is 11.4. The number of hydrogen-bond acceptors (Lipinski definition) is 3. The number of hydrogen-bond donors (Lipinski definition) is 1. The lowest BCUT2D eigenvalue weighted by molar-refractivity contribution is 0.584. The van der Waals surface area contributed by atoms with Crippen molar-refractivity contribution in [2.24, 2.45) is 0 Å². The van der Waals surface area contributed by atoms with Crippen LogP contribution in [0.2, 0.25) is 0 Å². The number of anilines is 1.